The topological polar surface area (TPSA) is 13.1 Å². The van der Waals surface area contributed by atoms with Crippen molar-refractivity contribution in [2.24, 2.45) is 0 Å². The molecular weight excluding hydrogens is 529 g/mol. The quantitative estimate of drug-likeness (QED) is 0.154. The van der Waals surface area contributed by atoms with Crippen LogP contribution in [0.4, 0.5) is 0 Å². The van der Waals surface area contributed by atoms with Gasteiger partial charge < -0.3 is 4.42 Å². The Morgan fingerprint density at radius 1 is 0.405 bits per heavy atom. The van der Waals surface area contributed by atoms with Crippen molar-refractivity contribution in [3.8, 4) is 22.3 Å². The molecule has 0 aliphatic rings. The van der Waals surface area contributed by atoms with Crippen molar-refractivity contribution < 1.29 is 4.42 Å². The van der Waals surface area contributed by atoms with Gasteiger partial charge in [-0.25, -0.2) is 0 Å². The van der Waals surface area contributed by atoms with Crippen LogP contribution in [0.5, 0.6) is 0 Å². The summed E-state index contributed by atoms with van der Waals surface area (Å²) in [5.41, 5.74) is 6.98. The van der Waals surface area contributed by atoms with Gasteiger partial charge in [0.05, 0.1) is 0 Å². The number of thiophene rings is 1. The van der Waals surface area contributed by atoms with E-state index in [1.807, 2.05) is 11.3 Å². The smallest absolute Gasteiger partial charge is 0.136 e. The van der Waals surface area contributed by atoms with Crippen LogP contribution in [-0.4, -0.2) is 0 Å². The minimum Gasteiger partial charge on any atom is -0.456 e. The van der Waals surface area contributed by atoms with Crippen molar-refractivity contribution in [1.29, 1.82) is 0 Å². The molecule has 0 radical (unpaired) electrons. The molecule has 42 heavy (non-hydrogen) atoms. The summed E-state index contributed by atoms with van der Waals surface area (Å²) in [5.74, 6) is 0. The third-order valence-corrected chi connectivity index (χ3v) is 10.2. The predicted octanol–water partition coefficient (Wildman–Crippen LogP) is 12.2. The Kier molecular flexibility index (Phi) is 4.39. The summed E-state index contributed by atoms with van der Waals surface area (Å²) in [7, 11) is 0. The minimum absolute atomic E-state index is 0.947. The number of fused-ring (bicyclic) bond motifs is 5. The molecule has 194 valence electrons. The molecule has 0 saturated heterocycles. The van der Waals surface area contributed by atoms with Crippen molar-refractivity contribution in [3.63, 3.8) is 0 Å². The summed E-state index contributed by atoms with van der Waals surface area (Å²) in [4.78, 5) is 0. The van der Waals surface area contributed by atoms with Gasteiger partial charge in [-0.15, -0.1) is 11.3 Å². The largest absolute Gasteiger partial charge is 0.456 e. The van der Waals surface area contributed by atoms with Crippen LogP contribution in [0.15, 0.2) is 138 Å². The van der Waals surface area contributed by atoms with E-state index in [9.17, 15) is 0 Å². The van der Waals surface area contributed by atoms with Gasteiger partial charge in [0.2, 0.25) is 0 Å². The number of hydrogen-bond donors (Lipinski definition) is 0. The number of hydrogen-bond acceptors (Lipinski definition) is 2. The Labute approximate surface area is 245 Å². The van der Waals surface area contributed by atoms with E-state index >= 15 is 0 Å². The molecule has 2 heteroatoms. The van der Waals surface area contributed by atoms with Gasteiger partial charge >= 0.3 is 0 Å². The fourth-order valence-corrected chi connectivity index (χ4v) is 8.42. The first-order chi connectivity index (χ1) is 20.8. The Morgan fingerprint density at radius 3 is 1.83 bits per heavy atom. The Balaban J connectivity index is 1.33. The summed E-state index contributed by atoms with van der Waals surface area (Å²) in [5, 5.41) is 12.6. The molecule has 0 N–H and O–H groups in total. The van der Waals surface area contributed by atoms with E-state index in [4.69, 9.17) is 4.42 Å². The fraction of sp³-hybridized carbons (Fsp3) is 0. The molecule has 0 aliphatic carbocycles. The van der Waals surface area contributed by atoms with Crippen molar-refractivity contribution in [1.82, 2.24) is 0 Å². The SMILES string of the molecule is c1cc2ccc3c(-c4c5ccccc5c(-c5ccc6c(c5)sc5ccccc56)c5ccccc45)ccc4oc(c1)c2c43. The molecule has 0 amide bonds. The van der Waals surface area contributed by atoms with Gasteiger partial charge in [-0.05, 0) is 84.9 Å². The van der Waals surface area contributed by atoms with Crippen LogP contribution in [0, 0.1) is 0 Å². The van der Waals surface area contributed by atoms with Crippen molar-refractivity contribution in [2.75, 3.05) is 0 Å². The number of furan rings is 1. The highest BCUT2D eigenvalue weighted by atomic mass is 32.1. The molecule has 8 aromatic carbocycles. The zero-order valence-electron chi connectivity index (χ0n) is 22.5. The summed E-state index contributed by atoms with van der Waals surface area (Å²) in [6.07, 6.45) is 0. The second-order valence-electron chi connectivity index (χ2n) is 11.2. The molecule has 2 aromatic heterocycles. The zero-order chi connectivity index (χ0) is 27.4. The van der Waals surface area contributed by atoms with Gasteiger partial charge in [-0.2, -0.15) is 0 Å². The highest BCUT2D eigenvalue weighted by Crippen LogP contribution is 2.48. The first-order valence-electron chi connectivity index (χ1n) is 14.4. The third kappa shape index (κ3) is 2.92. The molecule has 10 rings (SSSR count). The van der Waals surface area contributed by atoms with Crippen LogP contribution in [0.1, 0.15) is 0 Å². The molecule has 0 spiro atoms. The van der Waals surface area contributed by atoms with E-state index in [0.717, 1.165) is 11.2 Å². The molecule has 0 fully saturated rings. The lowest BCUT2D eigenvalue weighted by Gasteiger charge is -2.19. The Hall–Kier alpha value is -5.18. The maximum absolute atomic E-state index is 6.31. The van der Waals surface area contributed by atoms with Crippen LogP contribution in [0.2, 0.25) is 0 Å². The van der Waals surface area contributed by atoms with Gasteiger partial charge in [-0.1, -0.05) is 103 Å². The van der Waals surface area contributed by atoms with Crippen molar-refractivity contribution in [3.05, 3.63) is 133 Å². The molecule has 0 atom stereocenters. The maximum atomic E-state index is 6.31. The lowest BCUT2D eigenvalue weighted by Crippen LogP contribution is -1.91. The first kappa shape index (κ1) is 22.5. The summed E-state index contributed by atoms with van der Waals surface area (Å²) < 4.78 is 8.98. The van der Waals surface area contributed by atoms with Gasteiger partial charge in [-0.3, -0.25) is 0 Å². The monoisotopic (exact) mass is 550 g/mol. The standard InChI is InChI=1S/C40H22OS/c1-3-12-29-27(10-1)37(24-17-18-26-25-9-5-6-15-35(25)42-36(26)22-24)28-11-2-4-13-30(28)39(29)31-20-21-34-40-32(31)19-16-23-8-7-14-33(41-34)38(23)40/h1-22H. The number of benzene rings is 8. The normalized spacial score (nSPS) is 12.3. The summed E-state index contributed by atoms with van der Waals surface area (Å²) in [6, 6.07) is 48.9. The molecule has 2 heterocycles. The van der Waals surface area contributed by atoms with Crippen LogP contribution in [0.3, 0.4) is 0 Å². The minimum atomic E-state index is 0.947. The second kappa shape index (κ2) is 8.19. The van der Waals surface area contributed by atoms with E-state index in [-0.39, 0.29) is 0 Å². The summed E-state index contributed by atoms with van der Waals surface area (Å²) in [6.45, 7) is 0. The molecule has 0 aliphatic heterocycles. The average Bonchev–Trinajstić information content (AvgIpc) is 3.61. The Bertz CT molecular complexity index is 2630. The summed E-state index contributed by atoms with van der Waals surface area (Å²) >= 11 is 1.88. The molecule has 0 bridgehead atoms. The molecule has 0 unspecified atom stereocenters. The third-order valence-electron chi connectivity index (χ3n) is 9.03. The molecular formula is C40H22OS. The second-order valence-corrected chi connectivity index (χ2v) is 12.3. The van der Waals surface area contributed by atoms with E-state index in [0.29, 0.717) is 0 Å². The van der Waals surface area contributed by atoms with E-state index in [1.54, 1.807) is 0 Å². The van der Waals surface area contributed by atoms with Crippen LogP contribution >= 0.6 is 11.3 Å². The highest BCUT2D eigenvalue weighted by Gasteiger charge is 2.21. The molecule has 1 nitrogen and oxygen atoms in total. The lowest BCUT2D eigenvalue weighted by molar-refractivity contribution is 0.669. The maximum Gasteiger partial charge on any atom is 0.136 e. The van der Waals surface area contributed by atoms with Crippen LogP contribution in [-0.2, 0) is 0 Å². The zero-order valence-corrected chi connectivity index (χ0v) is 23.3. The Morgan fingerprint density at radius 2 is 1.05 bits per heavy atom. The van der Waals surface area contributed by atoms with Gasteiger partial charge in [0.1, 0.15) is 11.2 Å². The van der Waals surface area contributed by atoms with Crippen molar-refractivity contribution >= 4 is 85.8 Å². The van der Waals surface area contributed by atoms with E-state index in [1.165, 1.54) is 85.5 Å². The van der Waals surface area contributed by atoms with Crippen LogP contribution < -0.4 is 0 Å². The average molecular weight is 551 g/mol. The molecule has 0 saturated carbocycles. The number of rotatable bonds is 2. The van der Waals surface area contributed by atoms with E-state index < -0.39 is 0 Å². The van der Waals surface area contributed by atoms with Crippen molar-refractivity contribution in [2.45, 2.75) is 0 Å². The fourth-order valence-electron chi connectivity index (χ4n) is 7.28. The van der Waals surface area contributed by atoms with E-state index in [2.05, 4.69) is 133 Å². The van der Waals surface area contributed by atoms with Crippen LogP contribution in [0.25, 0.3) is 96.7 Å². The van der Waals surface area contributed by atoms with Gasteiger partial charge in [0, 0.05) is 30.9 Å². The van der Waals surface area contributed by atoms with Gasteiger partial charge in [0.15, 0.2) is 0 Å². The highest BCUT2D eigenvalue weighted by molar-refractivity contribution is 7.25. The predicted molar refractivity (Wildman–Crippen MR) is 181 cm³/mol. The first-order valence-corrected chi connectivity index (χ1v) is 15.2. The van der Waals surface area contributed by atoms with Gasteiger partial charge in [0.25, 0.3) is 0 Å². The lowest BCUT2D eigenvalue weighted by atomic mass is 9.84. The molecule has 10 aromatic rings.